The summed E-state index contributed by atoms with van der Waals surface area (Å²) in [6.45, 7) is 6.11. The number of allylic oxidation sites excluding steroid dienone is 4. The van der Waals surface area contributed by atoms with Gasteiger partial charge in [-0.25, -0.2) is 9.97 Å². The van der Waals surface area contributed by atoms with Gasteiger partial charge in [0.1, 0.15) is 11.5 Å². The Bertz CT molecular complexity index is 2510. The molecule has 0 bridgehead atoms. The minimum Gasteiger partial charge on any atom is -0.457 e. The maximum absolute atomic E-state index is 6.56. The Hall–Kier alpha value is -6.58. The molecule has 0 radical (unpaired) electrons. The summed E-state index contributed by atoms with van der Waals surface area (Å²) in [6.07, 6.45) is 5.75. The standard InChI is InChI=1S/C48H34N2O/c1-3-4-25-44-32(2)48(40-23-13-14-26-45(40)51-44)39-22-12-11-20-37(39)46-38(21-15-24-41(46)48)47-49-42(35-18-9-6-10-19-35)31-43(50-47)36-29-27-34(28-30-36)33-16-7-5-8-17-33/h3-31H,1H2,2H3/b25-4-. The van der Waals surface area contributed by atoms with Gasteiger partial charge in [-0.1, -0.05) is 164 Å². The largest absolute Gasteiger partial charge is 0.457 e. The molecule has 6 aromatic carbocycles. The van der Waals surface area contributed by atoms with Crippen LogP contribution < -0.4 is 4.74 Å². The van der Waals surface area contributed by atoms with Crippen molar-refractivity contribution in [2.75, 3.05) is 0 Å². The average molecular weight is 655 g/mol. The molecule has 0 N–H and O–H groups in total. The number of rotatable bonds is 6. The second-order valence-corrected chi connectivity index (χ2v) is 13.0. The first-order valence-corrected chi connectivity index (χ1v) is 17.3. The van der Waals surface area contributed by atoms with Crippen LogP contribution in [0.4, 0.5) is 0 Å². The van der Waals surface area contributed by atoms with Crippen LogP contribution in [0.5, 0.6) is 5.75 Å². The first kappa shape index (κ1) is 30.5. The van der Waals surface area contributed by atoms with Crippen molar-refractivity contribution in [2.24, 2.45) is 0 Å². The lowest BCUT2D eigenvalue weighted by atomic mass is 9.66. The lowest BCUT2D eigenvalue weighted by molar-refractivity contribution is 0.399. The van der Waals surface area contributed by atoms with E-state index in [1.807, 2.05) is 30.4 Å². The van der Waals surface area contributed by atoms with Crippen LogP contribution in [-0.2, 0) is 5.41 Å². The molecule has 3 nitrogen and oxygen atoms in total. The Kier molecular flexibility index (Phi) is 7.40. The van der Waals surface area contributed by atoms with E-state index >= 15 is 0 Å². The molecular formula is C48H34N2O. The Morgan fingerprint density at radius 2 is 1.10 bits per heavy atom. The van der Waals surface area contributed by atoms with Crippen molar-refractivity contribution in [3.63, 3.8) is 0 Å². The van der Waals surface area contributed by atoms with E-state index in [0.29, 0.717) is 5.82 Å². The number of ether oxygens (including phenoxy) is 1. The average Bonchev–Trinajstić information content (AvgIpc) is 3.50. The highest BCUT2D eigenvalue weighted by atomic mass is 16.5. The molecule has 1 atom stereocenters. The first-order chi connectivity index (χ1) is 25.2. The molecule has 9 rings (SSSR count). The van der Waals surface area contributed by atoms with Gasteiger partial charge in [0.05, 0.1) is 16.8 Å². The van der Waals surface area contributed by atoms with Crippen molar-refractivity contribution in [2.45, 2.75) is 12.3 Å². The predicted octanol–water partition coefficient (Wildman–Crippen LogP) is 11.9. The van der Waals surface area contributed by atoms with Gasteiger partial charge in [0, 0.05) is 22.3 Å². The van der Waals surface area contributed by atoms with Gasteiger partial charge in [-0.3, -0.25) is 0 Å². The first-order valence-electron chi connectivity index (χ1n) is 17.3. The second kappa shape index (κ2) is 12.4. The van der Waals surface area contributed by atoms with Crippen LogP contribution in [0.15, 0.2) is 194 Å². The molecule has 1 spiro atoms. The zero-order chi connectivity index (χ0) is 34.4. The molecule has 0 fully saturated rings. The topological polar surface area (TPSA) is 35.0 Å². The van der Waals surface area contributed by atoms with Crippen molar-refractivity contribution in [1.82, 2.24) is 9.97 Å². The molecule has 2 aliphatic rings. The summed E-state index contributed by atoms with van der Waals surface area (Å²) >= 11 is 0. The summed E-state index contributed by atoms with van der Waals surface area (Å²) in [5.41, 5.74) is 13.6. The van der Waals surface area contributed by atoms with Crippen molar-refractivity contribution >= 4 is 0 Å². The summed E-state index contributed by atoms with van der Waals surface area (Å²) < 4.78 is 6.56. The fraction of sp³-hybridized carbons (Fsp3) is 0.0417. The van der Waals surface area contributed by atoms with Gasteiger partial charge in [0.15, 0.2) is 5.82 Å². The maximum Gasteiger partial charge on any atom is 0.161 e. The van der Waals surface area contributed by atoms with Crippen molar-refractivity contribution < 1.29 is 4.74 Å². The highest BCUT2D eigenvalue weighted by Crippen LogP contribution is 2.61. The summed E-state index contributed by atoms with van der Waals surface area (Å²) in [6, 6.07) is 55.4. The van der Waals surface area contributed by atoms with Crippen LogP contribution >= 0.6 is 0 Å². The second-order valence-electron chi connectivity index (χ2n) is 13.0. The third-order valence-corrected chi connectivity index (χ3v) is 10.2. The molecule has 1 aliphatic carbocycles. The molecule has 0 saturated heterocycles. The molecule has 3 heteroatoms. The minimum atomic E-state index is -0.565. The van der Waals surface area contributed by atoms with Gasteiger partial charge in [-0.05, 0) is 64.1 Å². The van der Waals surface area contributed by atoms with E-state index in [4.69, 9.17) is 14.7 Å². The van der Waals surface area contributed by atoms with Gasteiger partial charge in [0.25, 0.3) is 0 Å². The maximum atomic E-state index is 6.56. The van der Waals surface area contributed by atoms with Gasteiger partial charge in [-0.2, -0.15) is 0 Å². The number of benzene rings is 6. The predicted molar refractivity (Wildman–Crippen MR) is 208 cm³/mol. The van der Waals surface area contributed by atoms with E-state index in [1.54, 1.807) is 6.08 Å². The number of para-hydroxylation sites is 1. The normalized spacial score (nSPS) is 15.7. The number of fused-ring (bicyclic) bond motifs is 7. The van der Waals surface area contributed by atoms with Crippen LogP contribution in [0, 0.1) is 0 Å². The molecule has 1 unspecified atom stereocenters. The Balaban J connectivity index is 1.29. The highest BCUT2D eigenvalue weighted by Gasteiger charge is 2.51. The van der Waals surface area contributed by atoms with E-state index in [2.05, 4.69) is 153 Å². The molecule has 2 heterocycles. The monoisotopic (exact) mass is 654 g/mol. The molecule has 1 aliphatic heterocycles. The quantitative estimate of drug-likeness (QED) is 0.167. The molecule has 51 heavy (non-hydrogen) atoms. The molecular weight excluding hydrogens is 621 g/mol. The fourth-order valence-electron chi connectivity index (χ4n) is 7.91. The summed E-state index contributed by atoms with van der Waals surface area (Å²) in [7, 11) is 0. The number of aromatic nitrogens is 2. The van der Waals surface area contributed by atoms with Crippen molar-refractivity contribution in [3.05, 3.63) is 211 Å². The zero-order valence-electron chi connectivity index (χ0n) is 28.3. The third kappa shape index (κ3) is 4.89. The summed E-state index contributed by atoms with van der Waals surface area (Å²) in [5.74, 6) is 2.37. The molecule has 1 aromatic heterocycles. The van der Waals surface area contributed by atoms with Gasteiger partial charge in [-0.15, -0.1) is 0 Å². The van der Waals surface area contributed by atoms with Crippen LogP contribution in [0.2, 0.25) is 0 Å². The Morgan fingerprint density at radius 3 is 1.82 bits per heavy atom. The van der Waals surface area contributed by atoms with Crippen molar-refractivity contribution in [1.29, 1.82) is 0 Å². The third-order valence-electron chi connectivity index (χ3n) is 10.2. The summed E-state index contributed by atoms with van der Waals surface area (Å²) in [5, 5.41) is 0. The van der Waals surface area contributed by atoms with Gasteiger partial charge < -0.3 is 4.74 Å². The Morgan fingerprint density at radius 1 is 0.549 bits per heavy atom. The minimum absolute atomic E-state index is 0.565. The molecule has 0 amide bonds. The smallest absolute Gasteiger partial charge is 0.161 e. The fourth-order valence-corrected chi connectivity index (χ4v) is 7.91. The lowest BCUT2D eigenvalue weighted by Gasteiger charge is -2.39. The SMILES string of the molecule is C=C/C=C\C1=C(C)C2(c3ccccc3O1)c1ccccc1-c1c(-c3nc(-c4ccccc4)cc(-c4ccc(-c5ccccc5)cc4)n3)cccc12. The number of hydrogen-bond acceptors (Lipinski definition) is 3. The van der Waals surface area contributed by atoms with Crippen molar-refractivity contribution in [3.8, 4) is 61.9 Å². The van der Waals surface area contributed by atoms with Crippen LogP contribution in [0.1, 0.15) is 23.6 Å². The number of hydrogen-bond donors (Lipinski definition) is 0. The van der Waals surface area contributed by atoms with E-state index in [0.717, 1.165) is 56.3 Å². The van der Waals surface area contributed by atoms with Crippen LogP contribution in [-0.4, -0.2) is 9.97 Å². The van der Waals surface area contributed by atoms with E-state index in [9.17, 15) is 0 Å². The molecule has 0 saturated carbocycles. The van der Waals surface area contributed by atoms with E-state index in [1.165, 1.54) is 27.8 Å². The van der Waals surface area contributed by atoms with Crippen LogP contribution in [0.25, 0.3) is 56.2 Å². The van der Waals surface area contributed by atoms with E-state index < -0.39 is 5.41 Å². The summed E-state index contributed by atoms with van der Waals surface area (Å²) in [4.78, 5) is 10.6. The van der Waals surface area contributed by atoms with Gasteiger partial charge in [0.2, 0.25) is 0 Å². The van der Waals surface area contributed by atoms with Gasteiger partial charge >= 0.3 is 0 Å². The molecule has 242 valence electrons. The van der Waals surface area contributed by atoms with E-state index in [-0.39, 0.29) is 0 Å². The lowest BCUT2D eigenvalue weighted by Crippen LogP contribution is -2.33. The highest BCUT2D eigenvalue weighted by molar-refractivity contribution is 5.95. The Labute approximate surface area is 298 Å². The zero-order valence-corrected chi connectivity index (χ0v) is 28.3. The number of nitrogens with zero attached hydrogens (tertiary/aromatic N) is 2. The molecule has 7 aromatic rings. The van der Waals surface area contributed by atoms with Crippen LogP contribution in [0.3, 0.4) is 0 Å².